The molecule has 1 heterocycles. The van der Waals surface area contributed by atoms with E-state index in [2.05, 4.69) is 5.32 Å². The molecule has 1 aromatic rings. The number of piperazine rings is 1. The number of rotatable bonds is 1. The SMILES string of the molecule is C[C@H]1CN(C(=O)c2c(F)ccc(I)c2F)CCN1.Cl. The molecule has 1 saturated heterocycles. The van der Waals surface area contributed by atoms with Gasteiger partial charge in [-0.25, -0.2) is 8.78 Å². The van der Waals surface area contributed by atoms with E-state index >= 15 is 0 Å². The fourth-order valence-electron chi connectivity index (χ4n) is 2.00. The van der Waals surface area contributed by atoms with Crippen molar-refractivity contribution in [2.45, 2.75) is 13.0 Å². The maximum absolute atomic E-state index is 13.9. The van der Waals surface area contributed by atoms with Crippen LogP contribution in [0.2, 0.25) is 0 Å². The van der Waals surface area contributed by atoms with Crippen LogP contribution >= 0.6 is 35.0 Å². The molecule has 0 aliphatic carbocycles. The van der Waals surface area contributed by atoms with Crippen LogP contribution in [-0.2, 0) is 0 Å². The maximum atomic E-state index is 13.9. The Morgan fingerprint density at radius 1 is 1.47 bits per heavy atom. The Bertz CT molecular complexity index is 487. The molecule has 1 fully saturated rings. The van der Waals surface area contributed by atoms with Crippen molar-refractivity contribution >= 4 is 40.9 Å². The molecule has 7 heteroatoms. The molecular formula is C12H14ClF2IN2O. The summed E-state index contributed by atoms with van der Waals surface area (Å²) in [6, 6.07) is 2.59. The lowest BCUT2D eigenvalue weighted by molar-refractivity contribution is 0.0699. The zero-order chi connectivity index (χ0) is 13.3. The van der Waals surface area contributed by atoms with Crippen LogP contribution in [0.15, 0.2) is 12.1 Å². The lowest BCUT2D eigenvalue weighted by Crippen LogP contribution is -2.51. The topological polar surface area (TPSA) is 32.3 Å². The van der Waals surface area contributed by atoms with Gasteiger partial charge in [0.15, 0.2) is 5.82 Å². The van der Waals surface area contributed by atoms with Gasteiger partial charge in [-0.1, -0.05) is 0 Å². The molecule has 1 N–H and O–H groups in total. The monoisotopic (exact) mass is 402 g/mol. The minimum absolute atomic E-state index is 0. The average molecular weight is 403 g/mol. The number of carbonyl (C=O) groups is 1. The number of nitrogens with zero attached hydrogens (tertiary/aromatic N) is 1. The van der Waals surface area contributed by atoms with Gasteiger partial charge in [0, 0.05) is 29.2 Å². The second kappa shape index (κ2) is 6.81. The molecule has 0 unspecified atom stereocenters. The van der Waals surface area contributed by atoms with Gasteiger partial charge >= 0.3 is 0 Å². The second-order valence-electron chi connectivity index (χ2n) is 4.32. The molecule has 0 bridgehead atoms. The van der Waals surface area contributed by atoms with E-state index in [0.717, 1.165) is 6.07 Å². The van der Waals surface area contributed by atoms with E-state index < -0.39 is 23.1 Å². The van der Waals surface area contributed by atoms with Gasteiger partial charge in [0.25, 0.3) is 5.91 Å². The molecule has 0 saturated carbocycles. The average Bonchev–Trinajstić information content (AvgIpc) is 2.34. The van der Waals surface area contributed by atoms with Crippen molar-refractivity contribution < 1.29 is 13.6 Å². The van der Waals surface area contributed by atoms with Crippen molar-refractivity contribution in [3.63, 3.8) is 0 Å². The Morgan fingerprint density at radius 3 is 2.79 bits per heavy atom. The molecule has 19 heavy (non-hydrogen) atoms. The molecule has 3 nitrogen and oxygen atoms in total. The minimum atomic E-state index is -0.802. The van der Waals surface area contributed by atoms with Crippen LogP contribution in [0.1, 0.15) is 17.3 Å². The lowest BCUT2D eigenvalue weighted by atomic mass is 10.1. The van der Waals surface area contributed by atoms with Gasteiger partial charge in [-0.05, 0) is 41.6 Å². The van der Waals surface area contributed by atoms with E-state index in [4.69, 9.17) is 0 Å². The summed E-state index contributed by atoms with van der Waals surface area (Å²) in [5.74, 6) is -2.15. The predicted molar refractivity (Wildman–Crippen MR) is 79.7 cm³/mol. The normalized spacial score (nSPS) is 18.9. The van der Waals surface area contributed by atoms with Crippen LogP contribution in [0.25, 0.3) is 0 Å². The third kappa shape index (κ3) is 3.55. The molecule has 2 rings (SSSR count). The Labute approximate surface area is 130 Å². The smallest absolute Gasteiger partial charge is 0.259 e. The first-order valence-corrected chi connectivity index (χ1v) is 6.74. The molecule has 1 atom stereocenters. The van der Waals surface area contributed by atoms with E-state index in [9.17, 15) is 13.6 Å². The van der Waals surface area contributed by atoms with Crippen molar-refractivity contribution in [3.05, 3.63) is 32.9 Å². The van der Waals surface area contributed by atoms with Crippen LogP contribution < -0.4 is 5.32 Å². The van der Waals surface area contributed by atoms with E-state index in [0.29, 0.717) is 19.6 Å². The largest absolute Gasteiger partial charge is 0.336 e. The lowest BCUT2D eigenvalue weighted by Gasteiger charge is -2.32. The van der Waals surface area contributed by atoms with Crippen molar-refractivity contribution in [2.75, 3.05) is 19.6 Å². The molecule has 106 valence electrons. The summed E-state index contributed by atoms with van der Waals surface area (Å²) in [6.07, 6.45) is 0. The molecule has 0 spiro atoms. The molecule has 1 aliphatic heterocycles. The van der Waals surface area contributed by atoms with E-state index in [1.807, 2.05) is 6.92 Å². The third-order valence-corrected chi connectivity index (χ3v) is 3.75. The van der Waals surface area contributed by atoms with Crippen molar-refractivity contribution in [2.24, 2.45) is 0 Å². The van der Waals surface area contributed by atoms with E-state index in [-0.39, 0.29) is 22.0 Å². The van der Waals surface area contributed by atoms with Gasteiger partial charge < -0.3 is 10.2 Å². The van der Waals surface area contributed by atoms with Gasteiger partial charge in [-0.15, -0.1) is 12.4 Å². The standard InChI is InChI=1S/C12H13F2IN2O.ClH/c1-7-6-17(5-4-16-7)12(18)10-8(13)2-3-9(15)11(10)14;/h2-3,7,16H,4-6H2,1H3;1H/t7-;/m0./s1. The summed E-state index contributed by atoms with van der Waals surface area (Å²) in [6.45, 7) is 3.50. The summed E-state index contributed by atoms with van der Waals surface area (Å²) >= 11 is 1.75. The first kappa shape index (κ1) is 16.6. The van der Waals surface area contributed by atoms with E-state index in [1.54, 1.807) is 22.6 Å². The summed E-state index contributed by atoms with van der Waals surface area (Å²) in [5, 5.41) is 3.18. The number of hydrogen-bond donors (Lipinski definition) is 1. The van der Waals surface area contributed by atoms with E-state index in [1.165, 1.54) is 11.0 Å². The Balaban J connectivity index is 0.00000180. The molecule has 0 radical (unpaired) electrons. The van der Waals surface area contributed by atoms with Crippen molar-refractivity contribution in [3.8, 4) is 0 Å². The number of carbonyl (C=O) groups excluding carboxylic acids is 1. The van der Waals surface area contributed by atoms with Crippen LogP contribution in [0.5, 0.6) is 0 Å². The van der Waals surface area contributed by atoms with Crippen molar-refractivity contribution in [1.29, 1.82) is 0 Å². The number of nitrogens with one attached hydrogen (secondary N) is 1. The zero-order valence-electron chi connectivity index (χ0n) is 10.3. The highest BCUT2D eigenvalue weighted by Crippen LogP contribution is 2.20. The van der Waals surface area contributed by atoms with Gasteiger partial charge in [-0.2, -0.15) is 0 Å². The van der Waals surface area contributed by atoms with Gasteiger partial charge in [0.1, 0.15) is 11.4 Å². The molecular weight excluding hydrogens is 388 g/mol. The summed E-state index contributed by atoms with van der Waals surface area (Å²) in [7, 11) is 0. The minimum Gasteiger partial charge on any atom is -0.336 e. The first-order chi connectivity index (χ1) is 8.50. The van der Waals surface area contributed by atoms with Gasteiger partial charge in [-0.3, -0.25) is 4.79 Å². The fourth-order valence-corrected chi connectivity index (χ4v) is 2.45. The van der Waals surface area contributed by atoms with Crippen molar-refractivity contribution in [1.82, 2.24) is 10.2 Å². The number of halogens is 4. The Kier molecular flexibility index (Phi) is 5.94. The summed E-state index contributed by atoms with van der Waals surface area (Å²) < 4.78 is 27.7. The third-order valence-electron chi connectivity index (χ3n) is 2.91. The molecule has 1 aliphatic rings. The maximum Gasteiger partial charge on any atom is 0.259 e. The molecule has 0 aromatic heterocycles. The zero-order valence-corrected chi connectivity index (χ0v) is 13.2. The summed E-state index contributed by atoms with van der Waals surface area (Å²) in [5.41, 5.74) is -0.448. The van der Waals surface area contributed by atoms with Gasteiger partial charge in [0.2, 0.25) is 0 Å². The Morgan fingerprint density at radius 2 is 2.16 bits per heavy atom. The number of hydrogen-bond acceptors (Lipinski definition) is 2. The second-order valence-corrected chi connectivity index (χ2v) is 5.49. The highest BCUT2D eigenvalue weighted by atomic mass is 127. The Hall–Kier alpha value is -0.470. The summed E-state index contributed by atoms with van der Waals surface area (Å²) in [4.78, 5) is 13.6. The fraction of sp³-hybridized carbons (Fsp3) is 0.417. The van der Waals surface area contributed by atoms with Crippen LogP contribution in [0.4, 0.5) is 8.78 Å². The number of benzene rings is 1. The van der Waals surface area contributed by atoms with Crippen LogP contribution in [0, 0.1) is 15.2 Å². The van der Waals surface area contributed by atoms with Gasteiger partial charge in [0.05, 0.1) is 0 Å². The quantitative estimate of drug-likeness (QED) is 0.578. The molecule has 1 aromatic carbocycles. The van der Waals surface area contributed by atoms with Crippen LogP contribution in [-0.4, -0.2) is 36.5 Å². The highest BCUT2D eigenvalue weighted by Gasteiger charge is 2.27. The molecule has 1 amide bonds. The van der Waals surface area contributed by atoms with Crippen LogP contribution in [0.3, 0.4) is 0 Å². The predicted octanol–water partition coefficient (Wildman–Crippen LogP) is 2.43. The number of amides is 1. The first-order valence-electron chi connectivity index (χ1n) is 5.67. The highest BCUT2D eigenvalue weighted by molar-refractivity contribution is 14.1.